The van der Waals surface area contributed by atoms with Gasteiger partial charge in [0.15, 0.2) is 5.96 Å². The van der Waals surface area contributed by atoms with Crippen molar-refractivity contribution in [1.29, 1.82) is 0 Å². The third kappa shape index (κ3) is 5.02. The monoisotopic (exact) mass is 445 g/mol. The summed E-state index contributed by atoms with van der Waals surface area (Å²) in [7, 11) is 1.86. The third-order valence-corrected chi connectivity index (χ3v) is 6.00. The highest BCUT2D eigenvalue weighted by atomic mass is 127. The molecule has 0 radical (unpaired) electrons. The lowest BCUT2D eigenvalue weighted by Crippen LogP contribution is -2.42. The maximum atomic E-state index is 4.38. The molecule has 1 fully saturated rings. The Bertz CT molecular complexity index is 547. The Labute approximate surface area is 161 Å². The van der Waals surface area contributed by atoms with Crippen LogP contribution in [0.1, 0.15) is 42.4 Å². The Kier molecular flexibility index (Phi) is 7.53. The Morgan fingerprint density at radius 2 is 2.09 bits per heavy atom. The SMILES string of the molecule is CN=C(NCc1ccc2c(c1)CCC2)NC1CCC(SC)C1.I. The Morgan fingerprint density at radius 3 is 2.83 bits per heavy atom. The van der Waals surface area contributed by atoms with E-state index in [-0.39, 0.29) is 24.0 Å². The second-order valence-corrected chi connectivity index (χ2v) is 7.53. The number of fused-ring (bicyclic) bond motifs is 1. The van der Waals surface area contributed by atoms with Crippen molar-refractivity contribution in [3.8, 4) is 0 Å². The van der Waals surface area contributed by atoms with Crippen molar-refractivity contribution in [2.75, 3.05) is 13.3 Å². The smallest absolute Gasteiger partial charge is 0.191 e. The number of aliphatic imine (C=N–C) groups is 1. The molecule has 0 heterocycles. The minimum absolute atomic E-state index is 0. The zero-order valence-electron chi connectivity index (χ0n) is 14.1. The van der Waals surface area contributed by atoms with Gasteiger partial charge in [0, 0.05) is 24.9 Å². The maximum Gasteiger partial charge on any atom is 0.191 e. The van der Waals surface area contributed by atoms with Crippen LogP contribution in [0.4, 0.5) is 0 Å². The first-order chi connectivity index (χ1) is 10.8. The van der Waals surface area contributed by atoms with Gasteiger partial charge in [-0.1, -0.05) is 18.2 Å². The molecule has 2 aliphatic carbocycles. The van der Waals surface area contributed by atoms with Gasteiger partial charge in [-0.15, -0.1) is 24.0 Å². The number of nitrogens with zero attached hydrogens (tertiary/aromatic N) is 1. The molecule has 3 nitrogen and oxygen atoms in total. The van der Waals surface area contributed by atoms with Gasteiger partial charge in [-0.2, -0.15) is 11.8 Å². The molecule has 128 valence electrons. The molecular formula is C18H28IN3S. The molecule has 0 bridgehead atoms. The molecule has 2 N–H and O–H groups in total. The van der Waals surface area contributed by atoms with E-state index < -0.39 is 0 Å². The molecule has 2 aliphatic rings. The summed E-state index contributed by atoms with van der Waals surface area (Å²) in [6.45, 7) is 0.853. The van der Waals surface area contributed by atoms with Gasteiger partial charge in [0.05, 0.1) is 0 Å². The van der Waals surface area contributed by atoms with Crippen molar-refractivity contribution in [2.24, 2.45) is 4.99 Å². The second kappa shape index (κ2) is 9.16. The first-order valence-corrected chi connectivity index (χ1v) is 9.68. The average Bonchev–Trinajstić information content (AvgIpc) is 3.19. The number of aryl methyl sites for hydroxylation is 2. The van der Waals surface area contributed by atoms with E-state index in [1.54, 1.807) is 11.1 Å². The van der Waals surface area contributed by atoms with Gasteiger partial charge in [-0.25, -0.2) is 0 Å². The standard InChI is InChI=1S/C18H27N3S.HI/c1-19-18(21-16-8-9-17(11-16)22-2)20-12-13-6-7-14-4-3-5-15(14)10-13;/h6-7,10,16-17H,3-5,8-9,11-12H2,1-2H3,(H2,19,20,21);1H. The Balaban J connectivity index is 0.00000192. The van der Waals surface area contributed by atoms with E-state index in [0.717, 1.165) is 17.8 Å². The zero-order valence-corrected chi connectivity index (χ0v) is 17.2. The number of guanidine groups is 1. The van der Waals surface area contributed by atoms with Crippen LogP contribution < -0.4 is 10.6 Å². The minimum Gasteiger partial charge on any atom is -0.354 e. The van der Waals surface area contributed by atoms with Crippen LogP contribution in [0.2, 0.25) is 0 Å². The van der Waals surface area contributed by atoms with Crippen molar-refractivity contribution in [2.45, 2.75) is 56.4 Å². The van der Waals surface area contributed by atoms with Crippen molar-refractivity contribution in [1.82, 2.24) is 10.6 Å². The third-order valence-electron chi connectivity index (χ3n) is 4.91. The van der Waals surface area contributed by atoms with Crippen molar-refractivity contribution in [3.05, 3.63) is 34.9 Å². The van der Waals surface area contributed by atoms with E-state index in [2.05, 4.69) is 40.1 Å². The second-order valence-electron chi connectivity index (χ2n) is 6.39. The number of halogens is 1. The lowest BCUT2D eigenvalue weighted by molar-refractivity contribution is 0.614. The molecule has 2 atom stereocenters. The topological polar surface area (TPSA) is 36.4 Å². The van der Waals surface area contributed by atoms with E-state index in [1.807, 2.05) is 18.8 Å². The van der Waals surface area contributed by atoms with Crippen LogP contribution >= 0.6 is 35.7 Å². The molecule has 1 aromatic rings. The maximum absolute atomic E-state index is 4.38. The van der Waals surface area contributed by atoms with Crippen LogP contribution in [0.25, 0.3) is 0 Å². The molecule has 2 unspecified atom stereocenters. The summed E-state index contributed by atoms with van der Waals surface area (Å²) in [4.78, 5) is 4.38. The fourth-order valence-electron chi connectivity index (χ4n) is 3.59. The summed E-state index contributed by atoms with van der Waals surface area (Å²) in [6, 6.07) is 7.49. The lowest BCUT2D eigenvalue weighted by Gasteiger charge is -2.17. The molecule has 1 aromatic carbocycles. The van der Waals surface area contributed by atoms with Gasteiger partial charge < -0.3 is 10.6 Å². The quantitative estimate of drug-likeness (QED) is 0.421. The highest BCUT2D eigenvalue weighted by Gasteiger charge is 2.24. The zero-order chi connectivity index (χ0) is 15.4. The largest absolute Gasteiger partial charge is 0.354 e. The van der Waals surface area contributed by atoms with E-state index >= 15 is 0 Å². The molecule has 5 heteroatoms. The highest BCUT2D eigenvalue weighted by molar-refractivity contribution is 14.0. The summed E-state index contributed by atoms with van der Waals surface area (Å²) in [5, 5.41) is 7.86. The number of hydrogen-bond acceptors (Lipinski definition) is 2. The molecule has 0 aromatic heterocycles. The van der Waals surface area contributed by atoms with Crippen LogP contribution in [-0.2, 0) is 19.4 Å². The number of rotatable bonds is 4. The first kappa shape index (κ1) is 18.9. The normalized spacial score (nSPS) is 23.3. The Morgan fingerprint density at radius 1 is 1.26 bits per heavy atom. The van der Waals surface area contributed by atoms with Crippen LogP contribution in [0.5, 0.6) is 0 Å². The van der Waals surface area contributed by atoms with Gasteiger partial charge in [0.2, 0.25) is 0 Å². The lowest BCUT2D eigenvalue weighted by atomic mass is 10.1. The summed E-state index contributed by atoms with van der Waals surface area (Å²) in [5.41, 5.74) is 4.44. The molecule has 3 rings (SSSR count). The Hall–Kier alpha value is -0.430. The van der Waals surface area contributed by atoms with E-state index in [9.17, 15) is 0 Å². The van der Waals surface area contributed by atoms with Crippen LogP contribution in [0.15, 0.2) is 23.2 Å². The van der Waals surface area contributed by atoms with E-state index in [1.165, 1.54) is 44.1 Å². The highest BCUT2D eigenvalue weighted by Crippen LogP contribution is 2.28. The first-order valence-electron chi connectivity index (χ1n) is 8.39. The number of nitrogens with one attached hydrogen (secondary N) is 2. The molecule has 23 heavy (non-hydrogen) atoms. The van der Waals surface area contributed by atoms with E-state index in [4.69, 9.17) is 0 Å². The molecule has 0 amide bonds. The molecular weight excluding hydrogens is 417 g/mol. The predicted octanol–water partition coefficient (Wildman–Crippen LogP) is 3.74. The van der Waals surface area contributed by atoms with Gasteiger partial charge in [-0.05, 0) is 61.5 Å². The van der Waals surface area contributed by atoms with Crippen LogP contribution in [0.3, 0.4) is 0 Å². The minimum atomic E-state index is 0. The fraction of sp³-hybridized carbons (Fsp3) is 0.611. The fourth-order valence-corrected chi connectivity index (χ4v) is 4.39. The molecule has 0 saturated heterocycles. The van der Waals surface area contributed by atoms with Crippen LogP contribution in [-0.4, -0.2) is 30.6 Å². The molecule has 0 aliphatic heterocycles. The summed E-state index contributed by atoms with van der Waals surface area (Å²) in [6.07, 6.45) is 9.85. The van der Waals surface area contributed by atoms with Crippen LogP contribution in [0, 0.1) is 0 Å². The summed E-state index contributed by atoms with van der Waals surface area (Å²) < 4.78 is 0. The van der Waals surface area contributed by atoms with Gasteiger partial charge in [0.1, 0.15) is 0 Å². The van der Waals surface area contributed by atoms with Crippen molar-refractivity contribution in [3.63, 3.8) is 0 Å². The summed E-state index contributed by atoms with van der Waals surface area (Å²) in [5.74, 6) is 0.937. The number of benzene rings is 1. The van der Waals surface area contributed by atoms with Gasteiger partial charge in [0.25, 0.3) is 0 Å². The van der Waals surface area contributed by atoms with Gasteiger partial charge >= 0.3 is 0 Å². The predicted molar refractivity (Wildman–Crippen MR) is 112 cm³/mol. The van der Waals surface area contributed by atoms with Crippen molar-refractivity contribution >= 4 is 41.7 Å². The van der Waals surface area contributed by atoms with Crippen molar-refractivity contribution < 1.29 is 0 Å². The number of hydrogen-bond donors (Lipinski definition) is 2. The average molecular weight is 445 g/mol. The summed E-state index contributed by atoms with van der Waals surface area (Å²) >= 11 is 1.99. The number of thioether (sulfide) groups is 1. The van der Waals surface area contributed by atoms with E-state index in [0.29, 0.717) is 6.04 Å². The molecule has 1 saturated carbocycles. The van der Waals surface area contributed by atoms with Gasteiger partial charge in [-0.3, -0.25) is 4.99 Å². The molecule has 0 spiro atoms.